The minimum Gasteiger partial charge on any atom is -0.296 e. The molecule has 208 valence electrons. The van der Waals surface area contributed by atoms with Crippen molar-refractivity contribution in [3.8, 4) is 22.5 Å². The van der Waals surface area contributed by atoms with E-state index in [4.69, 9.17) is 14.3 Å². The number of likely N-dealkylation sites (N-methyl/N-ethyl adjacent to an activating group) is 1. The Morgan fingerprint density at radius 1 is 1.12 bits per heavy atom. The number of nitrogens with zero attached hydrogens (tertiary/aromatic N) is 4. The first-order chi connectivity index (χ1) is 19.4. The van der Waals surface area contributed by atoms with E-state index < -0.39 is 5.76 Å². The van der Waals surface area contributed by atoms with Crippen LogP contribution in [-0.4, -0.2) is 44.8 Å². The second-order valence-electron chi connectivity index (χ2n) is 10.1. The van der Waals surface area contributed by atoms with Crippen LogP contribution in [0.1, 0.15) is 61.2 Å². The van der Waals surface area contributed by atoms with Crippen LogP contribution in [0.2, 0.25) is 0 Å². The summed E-state index contributed by atoms with van der Waals surface area (Å²) in [6.45, 7) is 2.46. The van der Waals surface area contributed by atoms with Crippen LogP contribution < -0.4 is 11.3 Å². The van der Waals surface area contributed by atoms with Gasteiger partial charge < -0.3 is 0 Å². The lowest BCUT2D eigenvalue weighted by molar-refractivity contribution is -0.167. The quantitative estimate of drug-likeness (QED) is 0.283. The number of amides is 1. The number of carbonyl (C=O) groups excluding carboxylic acids is 1. The average molecular weight is 544 g/mol. The van der Waals surface area contributed by atoms with Crippen molar-refractivity contribution in [2.45, 2.75) is 57.9 Å². The minimum absolute atomic E-state index is 0.0457. The second kappa shape index (κ2) is 11.8. The molecule has 5 rings (SSSR count). The Morgan fingerprint density at radius 2 is 1.85 bits per heavy atom. The van der Waals surface area contributed by atoms with E-state index in [9.17, 15) is 14.4 Å². The molecule has 2 aromatic carbocycles. The monoisotopic (exact) mass is 543 g/mol. The smallest absolute Gasteiger partial charge is 0.296 e. The molecule has 1 saturated carbocycles. The highest BCUT2D eigenvalue weighted by Crippen LogP contribution is 2.40. The highest BCUT2D eigenvalue weighted by molar-refractivity contribution is 5.80. The molecular formula is C30H33N5O5. The normalized spacial score (nSPS) is 13.0. The maximum absolute atomic E-state index is 13.9. The van der Waals surface area contributed by atoms with Gasteiger partial charge in [0.1, 0.15) is 5.82 Å². The molecule has 0 unspecified atom stereocenters. The van der Waals surface area contributed by atoms with Crippen molar-refractivity contribution in [1.29, 1.82) is 0 Å². The lowest BCUT2D eigenvalue weighted by atomic mass is 9.98. The van der Waals surface area contributed by atoms with E-state index in [1.54, 1.807) is 11.6 Å². The summed E-state index contributed by atoms with van der Waals surface area (Å²) in [7, 11) is 2.97. The fourth-order valence-electron chi connectivity index (χ4n) is 4.83. The Labute approximate surface area is 231 Å². The number of carbonyl (C=O) groups is 1. The van der Waals surface area contributed by atoms with E-state index >= 15 is 0 Å². The van der Waals surface area contributed by atoms with Crippen molar-refractivity contribution in [2.75, 3.05) is 14.2 Å². The molecule has 0 aliphatic heterocycles. The lowest BCUT2D eigenvalue weighted by Crippen LogP contribution is -2.35. The summed E-state index contributed by atoms with van der Waals surface area (Å²) in [4.78, 5) is 50.8. The highest BCUT2D eigenvalue weighted by Gasteiger charge is 2.32. The van der Waals surface area contributed by atoms with E-state index in [1.165, 1.54) is 7.11 Å². The molecule has 4 aromatic rings. The molecule has 2 aromatic heterocycles. The number of benzene rings is 2. The van der Waals surface area contributed by atoms with Gasteiger partial charge in [-0.3, -0.25) is 28.5 Å². The molecule has 40 heavy (non-hydrogen) atoms. The fraction of sp³-hybridized carbons (Fsp3) is 0.367. The zero-order chi connectivity index (χ0) is 28.2. The van der Waals surface area contributed by atoms with Crippen LogP contribution >= 0.6 is 0 Å². The first kappa shape index (κ1) is 27.3. The number of H-pyrrole nitrogens is 1. The van der Waals surface area contributed by atoms with Gasteiger partial charge in [-0.2, -0.15) is 0 Å². The summed E-state index contributed by atoms with van der Waals surface area (Å²) in [5, 5.41) is 4.98. The number of hydroxylamine groups is 2. The number of rotatable bonds is 11. The number of nitrogens with one attached hydrogen (secondary N) is 1. The first-order valence-corrected chi connectivity index (χ1v) is 13.6. The third-order valence-corrected chi connectivity index (χ3v) is 7.27. The number of unbranched alkanes of at least 4 members (excludes halogenated alkanes) is 1. The molecule has 1 amide bonds. The maximum Gasteiger partial charge on any atom is 0.439 e. The molecule has 1 N–H and O–H groups in total. The molecule has 0 atom stereocenters. The molecule has 2 heterocycles. The number of hydrogen-bond acceptors (Lipinski definition) is 7. The van der Waals surface area contributed by atoms with Crippen LogP contribution in [0, 0.1) is 0 Å². The third-order valence-electron chi connectivity index (χ3n) is 7.27. The summed E-state index contributed by atoms with van der Waals surface area (Å²) in [5.74, 6) is 0.458. The van der Waals surface area contributed by atoms with Crippen LogP contribution in [0.25, 0.3) is 22.5 Å². The highest BCUT2D eigenvalue weighted by atomic mass is 16.7. The van der Waals surface area contributed by atoms with Crippen LogP contribution in [0.5, 0.6) is 0 Å². The lowest BCUT2D eigenvalue weighted by Gasteiger charge is -2.19. The third kappa shape index (κ3) is 5.81. The molecule has 1 fully saturated rings. The van der Waals surface area contributed by atoms with Crippen molar-refractivity contribution in [3.05, 3.63) is 92.1 Å². The Balaban J connectivity index is 1.49. The van der Waals surface area contributed by atoms with Crippen molar-refractivity contribution in [2.24, 2.45) is 0 Å². The van der Waals surface area contributed by atoms with Crippen LogP contribution in [-0.2, 0) is 29.0 Å². The molecule has 0 spiro atoms. The predicted molar refractivity (Wildman–Crippen MR) is 150 cm³/mol. The van der Waals surface area contributed by atoms with Gasteiger partial charge in [-0.1, -0.05) is 67.0 Å². The average Bonchev–Trinajstić information content (AvgIpc) is 3.73. The molecule has 1 aliphatic carbocycles. The van der Waals surface area contributed by atoms with E-state index in [0.29, 0.717) is 24.4 Å². The minimum atomic E-state index is -0.610. The summed E-state index contributed by atoms with van der Waals surface area (Å²) in [6, 6.07) is 15.5. The van der Waals surface area contributed by atoms with Crippen LogP contribution in [0.3, 0.4) is 0 Å². The summed E-state index contributed by atoms with van der Waals surface area (Å²) in [5.41, 5.74) is 4.56. The van der Waals surface area contributed by atoms with Gasteiger partial charge in [0.2, 0.25) is 0 Å². The van der Waals surface area contributed by atoms with Crippen molar-refractivity contribution in [1.82, 2.24) is 24.8 Å². The number of aromatic nitrogens is 4. The summed E-state index contributed by atoms with van der Waals surface area (Å²) < 4.78 is 6.42. The Bertz CT molecular complexity index is 1610. The van der Waals surface area contributed by atoms with Crippen LogP contribution in [0.4, 0.5) is 0 Å². The van der Waals surface area contributed by atoms with Gasteiger partial charge in [0.25, 0.3) is 11.5 Å². The molecular weight excluding hydrogens is 510 g/mol. The first-order valence-electron chi connectivity index (χ1n) is 13.6. The fourth-order valence-corrected chi connectivity index (χ4v) is 4.83. The molecule has 0 bridgehead atoms. The van der Waals surface area contributed by atoms with Gasteiger partial charge in [-0.25, -0.2) is 14.8 Å². The van der Waals surface area contributed by atoms with Gasteiger partial charge >= 0.3 is 5.76 Å². The van der Waals surface area contributed by atoms with Crippen LogP contribution in [0.15, 0.2) is 62.6 Å². The number of aromatic amines is 1. The number of hydrogen-bond donors (Lipinski definition) is 1. The van der Waals surface area contributed by atoms with Crippen molar-refractivity contribution < 1.29 is 14.2 Å². The van der Waals surface area contributed by atoms with E-state index in [-0.39, 0.29) is 23.8 Å². The molecule has 10 nitrogen and oxygen atoms in total. The van der Waals surface area contributed by atoms with Gasteiger partial charge in [-0.15, -0.1) is 0 Å². The van der Waals surface area contributed by atoms with E-state index in [0.717, 1.165) is 64.5 Å². The molecule has 10 heteroatoms. The molecule has 0 saturated heterocycles. The Kier molecular flexibility index (Phi) is 8.06. The van der Waals surface area contributed by atoms with E-state index in [1.807, 2.05) is 48.5 Å². The predicted octanol–water partition coefficient (Wildman–Crippen LogP) is 4.08. The summed E-state index contributed by atoms with van der Waals surface area (Å²) in [6.07, 6.45) is 4.51. The van der Waals surface area contributed by atoms with Gasteiger partial charge in [-0.05, 0) is 36.0 Å². The van der Waals surface area contributed by atoms with E-state index in [2.05, 4.69) is 17.1 Å². The zero-order valence-electron chi connectivity index (χ0n) is 23.0. The van der Waals surface area contributed by atoms with Crippen molar-refractivity contribution in [3.63, 3.8) is 0 Å². The topological polar surface area (TPSA) is 123 Å². The number of aryl methyl sites for hydroxylation is 1. The molecule has 0 radical (unpaired) electrons. The Hall–Kier alpha value is -4.31. The van der Waals surface area contributed by atoms with Gasteiger partial charge in [0.05, 0.1) is 25.8 Å². The SMILES string of the molecule is CCCCc1nc(C2CC2)c(CC(=O)N(C)OC)c(=O)n1Cc1ccc(-c2ccccc2-c2noc(=O)[nH]2)cc1. The Morgan fingerprint density at radius 3 is 2.48 bits per heavy atom. The largest absolute Gasteiger partial charge is 0.439 e. The summed E-state index contributed by atoms with van der Waals surface area (Å²) >= 11 is 0. The molecule has 1 aliphatic rings. The standard InChI is InChI=1S/C30H33N5O5/c1-4-5-10-25-31-27(21-15-16-21)24(17-26(36)34(2)39-3)29(37)35(25)18-19-11-13-20(14-12-19)22-8-6-7-9-23(22)28-32-30(38)40-33-28/h6-9,11-14,21H,4-5,10,15-18H2,1-3H3,(H,32,33,38). The second-order valence-corrected chi connectivity index (χ2v) is 10.1. The maximum atomic E-state index is 13.9. The van der Waals surface area contributed by atoms with Gasteiger partial charge in [0.15, 0.2) is 5.82 Å². The van der Waals surface area contributed by atoms with Crippen molar-refractivity contribution >= 4 is 5.91 Å². The zero-order valence-corrected chi connectivity index (χ0v) is 23.0. The van der Waals surface area contributed by atoms with Gasteiger partial charge in [0, 0.05) is 30.5 Å².